The third-order valence-corrected chi connectivity index (χ3v) is 3.94. The molecule has 0 amide bonds. The van der Waals surface area contributed by atoms with Crippen molar-refractivity contribution in [3.05, 3.63) is 47.5 Å². The van der Waals surface area contributed by atoms with Gasteiger partial charge in [-0.05, 0) is 30.5 Å². The maximum absolute atomic E-state index is 5.79. The van der Waals surface area contributed by atoms with Crippen LogP contribution in [-0.4, -0.2) is 34.1 Å². The highest BCUT2D eigenvalue weighted by atomic mass is 35.5. The van der Waals surface area contributed by atoms with Gasteiger partial charge in [-0.1, -0.05) is 17.7 Å². The fourth-order valence-electron chi connectivity index (χ4n) is 2.51. The molecule has 0 unspecified atom stereocenters. The monoisotopic (exact) mass is 303 g/mol. The van der Waals surface area contributed by atoms with E-state index >= 15 is 0 Å². The first-order valence-corrected chi connectivity index (χ1v) is 7.55. The predicted octanol–water partition coefficient (Wildman–Crippen LogP) is 2.28. The SMILES string of the molecule is Clc1ccc(CNC2CCN(c3ncccn3)CC2)cn1. The highest BCUT2D eigenvalue weighted by Crippen LogP contribution is 2.15. The third-order valence-electron chi connectivity index (χ3n) is 3.71. The van der Waals surface area contributed by atoms with E-state index in [1.165, 1.54) is 0 Å². The molecule has 1 aliphatic rings. The van der Waals surface area contributed by atoms with Gasteiger partial charge in [0.05, 0.1) is 0 Å². The van der Waals surface area contributed by atoms with E-state index in [1.807, 2.05) is 24.4 Å². The number of piperidine rings is 1. The zero-order valence-electron chi connectivity index (χ0n) is 11.7. The lowest BCUT2D eigenvalue weighted by Crippen LogP contribution is -2.42. The minimum Gasteiger partial charge on any atom is -0.341 e. The van der Waals surface area contributed by atoms with Crippen molar-refractivity contribution in [2.45, 2.75) is 25.4 Å². The topological polar surface area (TPSA) is 53.9 Å². The lowest BCUT2D eigenvalue weighted by molar-refractivity contribution is 0.411. The van der Waals surface area contributed by atoms with E-state index in [-0.39, 0.29) is 0 Å². The highest BCUT2D eigenvalue weighted by molar-refractivity contribution is 6.29. The number of nitrogens with one attached hydrogen (secondary N) is 1. The number of pyridine rings is 1. The molecule has 0 spiro atoms. The van der Waals surface area contributed by atoms with Crippen molar-refractivity contribution in [2.75, 3.05) is 18.0 Å². The Morgan fingerprint density at radius 3 is 2.57 bits per heavy atom. The van der Waals surface area contributed by atoms with Gasteiger partial charge in [0, 0.05) is 44.3 Å². The Balaban J connectivity index is 1.47. The van der Waals surface area contributed by atoms with Crippen LogP contribution in [0.1, 0.15) is 18.4 Å². The van der Waals surface area contributed by atoms with Gasteiger partial charge in [0.2, 0.25) is 5.95 Å². The lowest BCUT2D eigenvalue weighted by Gasteiger charge is -2.32. The summed E-state index contributed by atoms with van der Waals surface area (Å²) in [5.41, 5.74) is 1.16. The quantitative estimate of drug-likeness (QED) is 0.878. The molecule has 0 aromatic carbocycles. The summed E-state index contributed by atoms with van der Waals surface area (Å²) in [6.07, 6.45) is 7.60. The average Bonchev–Trinajstić information content (AvgIpc) is 2.56. The normalized spacial score (nSPS) is 16.1. The van der Waals surface area contributed by atoms with Crippen LogP contribution in [0.2, 0.25) is 5.15 Å². The molecular formula is C15H18ClN5. The van der Waals surface area contributed by atoms with Gasteiger partial charge in [0.15, 0.2) is 0 Å². The molecule has 21 heavy (non-hydrogen) atoms. The number of rotatable bonds is 4. The van der Waals surface area contributed by atoms with Gasteiger partial charge in [0.1, 0.15) is 5.15 Å². The first-order chi connectivity index (χ1) is 10.3. The van der Waals surface area contributed by atoms with Crippen molar-refractivity contribution in [1.82, 2.24) is 20.3 Å². The fraction of sp³-hybridized carbons (Fsp3) is 0.400. The molecule has 1 N–H and O–H groups in total. The summed E-state index contributed by atoms with van der Waals surface area (Å²) in [4.78, 5) is 14.9. The molecule has 3 rings (SSSR count). The summed E-state index contributed by atoms with van der Waals surface area (Å²) >= 11 is 5.79. The van der Waals surface area contributed by atoms with Crippen LogP contribution in [0.25, 0.3) is 0 Å². The molecule has 1 saturated heterocycles. The summed E-state index contributed by atoms with van der Waals surface area (Å²) in [5.74, 6) is 0.831. The molecule has 1 fully saturated rings. The van der Waals surface area contributed by atoms with Crippen molar-refractivity contribution < 1.29 is 0 Å². The first kappa shape index (κ1) is 14.2. The fourth-order valence-corrected chi connectivity index (χ4v) is 2.62. The predicted molar refractivity (Wildman–Crippen MR) is 83.4 cm³/mol. The molecular weight excluding hydrogens is 286 g/mol. The van der Waals surface area contributed by atoms with E-state index in [2.05, 4.69) is 25.2 Å². The second kappa shape index (κ2) is 6.83. The highest BCUT2D eigenvalue weighted by Gasteiger charge is 2.20. The molecule has 2 aromatic heterocycles. The molecule has 6 heteroatoms. The van der Waals surface area contributed by atoms with E-state index in [9.17, 15) is 0 Å². The third kappa shape index (κ3) is 3.89. The van der Waals surface area contributed by atoms with Crippen LogP contribution >= 0.6 is 11.6 Å². The summed E-state index contributed by atoms with van der Waals surface area (Å²) in [5, 5.41) is 4.12. The van der Waals surface area contributed by atoms with Crippen LogP contribution in [0.15, 0.2) is 36.8 Å². The first-order valence-electron chi connectivity index (χ1n) is 7.17. The molecule has 0 radical (unpaired) electrons. The molecule has 0 atom stereocenters. The van der Waals surface area contributed by atoms with Crippen molar-refractivity contribution in [2.24, 2.45) is 0 Å². The Labute approximate surface area is 129 Å². The summed E-state index contributed by atoms with van der Waals surface area (Å²) in [6.45, 7) is 2.80. The van der Waals surface area contributed by atoms with E-state index in [4.69, 9.17) is 11.6 Å². The number of anilines is 1. The van der Waals surface area contributed by atoms with Crippen LogP contribution < -0.4 is 10.2 Å². The molecule has 110 valence electrons. The van der Waals surface area contributed by atoms with Crippen LogP contribution in [0.4, 0.5) is 5.95 Å². The second-order valence-electron chi connectivity index (χ2n) is 5.18. The second-order valence-corrected chi connectivity index (χ2v) is 5.57. The van der Waals surface area contributed by atoms with Gasteiger partial charge < -0.3 is 10.2 Å². The van der Waals surface area contributed by atoms with Gasteiger partial charge in [0.25, 0.3) is 0 Å². The van der Waals surface area contributed by atoms with Gasteiger partial charge in [-0.25, -0.2) is 15.0 Å². The number of hydrogen-bond donors (Lipinski definition) is 1. The zero-order chi connectivity index (χ0) is 14.5. The standard InChI is InChI=1S/C15H18ClN5/c16-14-3-2-12(11-20-14)10-19-13-4-8-21(9-5-13)15-17-6-1-7-18-15/h1-3,6-7,11,13,19H,4-5,8-10H2. The largest absolute Gasteiger partial charge is 0.341 e. The van der Waals surface area contributed by atoms with Crippen LogP contribution in [-0.2, 0) is 6.54 Å². The summed E-state index contributed by atoms with van der Waals surface area (Å²) < 4.78 is 0. The van der Waals surface area contributed by atoms with Gasteiger partial charge in [-0.15, -0.1) is 0 Å². The molecule has 1 aliphatic heterocycles. The Morgan fingerprint density at radius 1 is 1.14 bits per heavy atom. The molecule has 5 nitrogen and oxygen atoms in total. The van der Waals surface area contributed by atoms with Crippen molar-refractivity contribution in [3.8, 4) is 0 Å². The van der Waals surface area contributed by atoms with Gasteiger partial charge in [-0.2, -0.15) is 0 Å². The number of hydrogen-bond acceptors (Lipinski definition) is 5. The van der Waals surface area contributed by atoms with Gasteiger partial charge in [-0.3, -0.25) is 0 Å². The Bertz CT molecular complexity index is 552. The summed E-state index contributed by atoms with van der Waals surface area (Å²) in [6, 6.07) is 6.21. The van der Waals surface area contributed by atoms with E-state index in [0.717, 1.165) is 44.0 Å². The molecule has 3 heterocycles. The smallest absolute Gasteiger partial charge is 0.225 e. The van der Waals surface area contributed by atoms with Crippen LogP contribution in [0.3, 0.4) is 0 Å². The van der Waals surface area contributed by atoms with E-state index in [0.29, 0.717) is 11.2 Å². The Morgan fingerprint density at radius 2 is 1.90 bits per heavy atom. The number of halogens is 1. The minimum atomic E-state index is 0.528. The number of aromatic nitrogens is 3. The van der Waals surface area contributed by atoms with Crippen LogP contribution in [0.5, 0.6) is 0 Å². The van der Waals surface area contributed by atoms with E-state index < -0.39 is 0 Å². The lowest BCUT2D eigenvalue weighted by atomic mass is 10.1. The zero-order valence-corrected chi connectivity index (χ0v) is 12.5. The van der Waals surface area contributed by atoms with Crippen molar-refractivity contribution in [3.63, 3.8) is 0 Å². The van der Waals surface area contributed by atoms with Crippen LogP contribution in [0, 0.1) is 0 Å². The van der Waals surface area contributed by atoms with E-state index in [1.54, 1.807) is 12.4 Å². The molecule has 0 aliphatic carbocycles. The van der Waals surface area contributed by atoms with Crippen molar-refractivity contribution in [1.29, 1.82) is 0 Å². The maximum Gasteiger partial charge on any atom is 0.225 e. The molecule has 0 bridgehead atoms. The minimum absolute atomic E-state index is 0.528. The summed E-state index contributed by atoms with van der Waals surface area (Å²) in [7, 11) is 0. The average molecular weight is 304 g/mol. The Hall–Kier alpha value is -1.72. The maximum atomic E-state index is 5.79. The molecule has 2 aromatic rings. The van der Waals surface area contributed by atoms with Crippen molar-refractivity contribution >= 4 is 17.5 Å². The number of nitrogens with zero attached hydrogens (tertiary/aromatic N) is 4. The molecule has 0 saturated carbocycles. The Kier molecular flexibility index (Phi) is 4.62. The van der Waals surface area contributed by atoms with Gasteiger partial charge >= 0.3 is 0 Å².